The molecule has 2 N–H and O–H groups in total. The zero-order valence-corrected chi connectivity index (χ0v) is 12.7. The zero-order valence-electron chi connectivity index (χ0n) is 11.9. The van der Waals surface area contributed by atoms with E-state index < -0.39 is 5.69 Å². The summed E-state index contributed by atoms with van der Waals surface area (Å²) in [5.41, 5.74) is -0.884. The molecule has 0 aromatic carbocycles. The summed E-state index contributed by atoms with van der Waals surface area (Å²) in [6.07, 6.45) is 1.33. The van der Waals surface area contributed by atoms with Gasteiger partial charge in [-0.05, 0) is 13.5 Å². The first kappa shape index (κ1) is 18.4. The summed E-state index contributed by atoms with van der Waals surface area (Å²) in [5, 5.41) is 5.89. The van der Waals surface area contributed by atoms with Crippen molar-refractivity contribution >= 4 is 18.3 Å². The monoisotopic (exact) mass is 304 g/mol. The van der Waals surface area contributed by atoms with Crippen LogP contribution in [0.15, 0.2) is 21.9 Å². The Morgan fingerprint density at radius 2 is 2.05 bits per heavy atom. The summed E-state index contributed by atoms with van der Waals surface area (Å²) in [7, 11) is 1.38. The highest BCUT2D eigenvalue weighted by atomic mass is 35.5. The van der Waals surface area contributed by atoms with Crippen LogP contribution in [0.2, 0.25) is 0 Å². The van der Waals surface area contributed by atoms with Crippen molar-refractivity contribution in [2.24, 2.45) is 7.05 Å². The van der Waals surface area contributed by atoms with E-state index >= 15 is 0 Å². The molecule has 0 aliphatic rings. The van der Waals surface area contributed by atoms with E-state index in [4.69, 9.17) is 0 Å². The number of amides is 1. The second-order valence-electron chi connectivity index (χ2n) is 4.39. The molecule has 0 bridgehead atoms. The molecule has 1 atom stereocenters. The lowest BCUT2D eigenvalue weighted by atomic mass is 10.3. The van der Waals surface area contributed by atoms with Crippen molar-refractivity contribution < 1.29 is 4.79 Å². The van der Waals surface area contributed by atoms with E-state index in [2.05, 4.69) is 10.6 Å². The van der Waals surface area contributed by atoms with E-state index in [0.717, 1.165) is 11.1 Å². The van der Waals surface area contributed by atoms with Gasteiger partial charge in [-0.15, -0.1) is 12.4 Å². The van der Waals surface area contributed by atoms with Gasteiger partial charge in [-0.2, -0.15) is 0 Å². The van der Waals surface area contributed by atoms with Crippen molar-refractivity contribution in [2.45, 2.75) is 26.4 Å². The summed E-state index contributed by atoms with van der Waals surface area (Å²) in [4.78, 5) is 34.6. The van der Waals surface area contributed by atoms with Crippen LogP contribution in [-0.2, 0) is 18.4 Å². The standard InChI is InChI=1S/C12H20N4O3.ClH/c1-4-13-9(2)7-14-10(17)8-16-6-5-11(18)15(3)12(16)19;/h5-6,9,13H,4,7-8H2,1-3H3,(H,14,17);1H/t9-;/m1./s1. The first-order valence-electron chi connectivity index (χ1n) is 6.22. The van der Waals surface area contributed by atoms with E-state index in [1.54, 1.807) is 0 Å². The van der Waals surface area contributed by atoms with Crippen molar-refractivity contribution in [2.75, 3.05) is 13.1 Å². The number of halogens is 1. The normalized spacial score (nSPS) is 11.6. The Kier molecular flexibility index (Phi) is 7.86. The number of carbonyl (C=O) groups excluding carboxylic acids is 1. The number of likely N-dealkylation sites (N-methyl/N-ethyl adjacent to an activating group) is 1. The smallest absolute Gasteiger partial charge is 0.331 e. The molecule has 114 valence electrons. The Labute approximate surface area is 123 Å². The first-order valence-corrected chi connectivity index (χ1v) is 6.22. The third kappa shape index (κ3) is 5.18. The van der Waals surface area contributed by atoms with E-state index in [9.17, 15) is 14.4 Å². The molecule has 0 spiro atoms. The predicted molar refractivity (Wildman–Crippen MR) is 79.3 cm³/mol. The van der Waals surface area contributed by atoms with Gasteiger partial charge in [0.15, 0.2) is 0 Å². The minimum Gasteiger partial charge on any atom is -0.353 e. The first-order chi connectivity index (χ1) is 8.95. The van der Waals surface area contributed by atoms with Gasteiger partial charge in [0.25, 0.3) is 5.56 Å². The number of carbonyl (C=O) groups is 1. The molecule has 8 heteroatoms. The van der Waals surface area contributed by atoms with Gasteiger partial charge in [-0.1, -0.05) is 6.92 Å². The maximum Gasteiger partial charge on any atom is 0.331 e. The Hall–Kier alpha value is -1.60. The van der Waals surface area contributed by atoms with Gasteiger partial charge in [-0.25, -0.2) is 4.79 Å². The molecular formula is C12H21ClN4O3. The van der Waals surface area contributed by atoms with Crippen LogP contribution in [0.5, 0.6) is 0 Å². The van der Waals surface area contributed by atoms with E-state index in [1.807, 2.05) is 13.8 Å². The number of rotatable bonds is 6. The lowest BCUT2D eigenvalue weighted by Crippen LogP contribution is -2.43. The highest BCUT2D eigenvalue weighted by Crippen LogP contribution is 1.82. The van der Waals surface area contributed by atoms with Crippen LogP contribution >= 0.6 is 12.4 Å². The molecule has 0 fully saturated rings. The molecule has 0 aliphatic heterocycles. The lowest BCUT2D eigenvalue weighted by Gasteiger charge is -2.13. The van der Waals surface area contributed by atoms with Crippen LogP contribution in [0, 0.1) is 0 Å². The summed E-state index contributed by atoms with van der Waals surface area (Å²) in [6.45, 7) is 5.18. The number of nitrogens with zero attached hydrogens (tertiary/aromatic N) is 2. The summed E-state index contributed by atoms with van der Waals surface area (Å²) in [6, 6.07) is 1.43. The third-order valence-corrected chi connectivity index (χ3v) is 2.73. The molecule has 0 unspecified atom stereocenters. The summed E-state index contributed by atoms with van der Waals surface area (Å²) >= 11 is 0. The molecule has 1 rings (SSSR count). The van der Waals surface area contributed by atoms with Crippen LogP contribution in [0.4, 0.5) is 0 Å². The maximum atomic E-state index is 11.7. The van der Waals surface area contributed by atoms with Crippen LogP contribution in [0.3, 0.4) is 0 Å². The van der Waals surface area contributed by atoms with Gasteiger partial charge >= 0.3 is 5.69 Å². The van der Waals surface area contributed by atoms with Crippen molar-refractivity contribution in [1.29, 1.82) is 0 Å². The van der Waals surface area contributed by atoms with Gasteiger partial charge in [0.05, 0.1) is 0 Å². The van der Waals surface area contributed by atoms with Gasteiger partial charge in [0, 0.05) is 31.9 Å². The SMILES string of the molecule is CCN[C@H](C)CNC(=O)Cn1ccc(=O)n(C)c1=O.Cl. The van der Waals surface area contributed by atoms with Gasteiger partial charge in [-0.3, -0.25) is 18.7 Å². The number of hydrogen-bond acceptors (Lipinski definition) is 4. The molecule has 7 nitrogen and oxygen atoms in total. The lowest BCUT2D eigenvalue weighted by molar-refractivity contribution is -0.121. The van der Waals surface area contributed by atoms with Gasteiger partial charge in [0.2, 0.25) is 5.91 Å². The van der Waals surface area contributed by atoms with Crippen molar-refractivity contribution in [1.82, 2.24) is 19.8 Å². The molecule has 0 radical (unpaired) electrons. The number of nitrogens with one attached hydrogen (secondary N) is 2. The average molecular weight is 305 g/mol. The highest BCUT2D eigenvalue weighted by Gasteiger charge is 2.07. The Morgan fingerprint density at radius 3 is 2.65 bits per heavy atom. The molecule has 0 saturated heterocycles. The molecule has 1 amide bonds. The minimum atomic E-state index is -0.498. The van der Waals surface area contributed by atoms with Crippen LogP contribution in [-0.4, -0.2) is 34.2 Å². The fraction of sp³-hybridized carbons (Fsp3) is 0.583. The average Bonchev–Trinajstić information content (AvgIpc) is 2.37. The van der Waals surface area contributed by atoms with Crippen LogP contribution in [0.25, 0.3) is 0 Å². The molecular weight excluding hydrogens is 284 g/mol. The molecule has 1 aromatic rings. The maximum absolute atomic E-state index is 11.7. The molecule has 1 aromatic heterocycles. The fourth-order valence-corrected chi connectivity index (χ4v) is 1.63. The van der Waals surface area contributed by atoms with Gasteiger partial charge < -0.3 is 10.6 Å². The number of aromatic nitrogens is 2. The zero-order chi connectivity index (χ0) is 14.4. The molecule has 1 heterocycles. The van der Waals surface area contributed by atoms with Crippen LogP contribution < -0.4 is 21.9 Å². The van der Waals surface area contributed by atoms with Gasteiger partial charge in [0.1, 0.15) is 6.54 Å². The van der Waals surface area contributed by atoms with Crippen molar-refractivity contribution in [3.05, 3.63) is 33.1 Å². The summed E-state index contributed by atoms with van der Waals surface area (Å²) < 4.78 is 2.17. The Morgan fingerprint density at radius 1 is 1.40 bits per heavy atom. The quantitative estimate of drug-likeness (QED) is 0.712. The molecule has 20 heavy (non-hydrogen) atoms. The third-order valence-electron chi connectivity index (χ3n) is 2.73. The second-order valence-corrected chi connectivity index (χ2v) is 4.39. The van der Waals surface area contributed by atoms with Crippen molar-refractivity contribution in [3.8, 4) is 0 Å². The van der Waals surface area contributed by atoms with E-state index in [0.29, 0.717) is 6.54 Å². The van der Waals surface area contributed by atoms with E-state index in [1.165, 1.54) is 23.9 Å². The highest BCUT2D eigenvalue weighted by molar-refractivity contribution is 5.85. The second kappa shape index (κ2) is 8.55. The van der Waals surface area contributed by atoms with Crippen LogP contribution in [0.1, 0.15) is 13.8 Å². The molecule has 0 saturated carbocycles. The minimum absolute atomic E-state index is 0. The van der Waals surface area contributed by atoms with E-state index in [-0.39, 0.29) is 36.5 Å². The number of hydrogen-bond donors (Lipinski definition) is 2. The largest absolute Gasteiger partial charge is 0.353 e. The summed E-state index contributed by atoms with van der Waals surface area (Å²) in [5.74, 6) is -0.259. The predicted octanol–water partition coefficient (Wildman–Crippen LogP) is -0.917. The Bertz CT molecular complexity index is 552. The Balaban J connectivity index is 0.00000361. The fourth-order valence-electron chi connectivity index (χ4n) is 1.63. The van der Waals surface area contributed by atoms with Crippen molar-refractivity contribution in [3.63, 3.8) is 0 Å². The topological polar surface area (TPSA) is 85.1 Å². The molecule has 0 aliphatic carbocycles.